The Morgan fingerprint density at radius 1 is 1.09 bits per heavy atom. The average Bonchev–Trinajstić information content (AvgIpc) is 3.57. The molecule has 2 aromatic heterocycles. The molecule has 6 nitrogen and oxygen atoms in total. The highest BCUT2D eigenvalue weighted by Crippen LogP contribution is 2.30. The molecule has 1 amide bonds. The molecule has 1 aliphatic rings. The van der Waals surface area contributed by atoms with Gasteiger partial charge >= 0.3 is 0 Å². The Kier molecular flexibility index (Phi) is 5.21. The number of furan rings is 1. The molecular formula is C27H23BrN4O2. The lowest BCUT2D eigenvalue weighted by Gasteiger charge is -2.16. The molecule has 1 atom stereocenters. The quantitative estimate of drug-likeness (QED) is 0.304. The topological polar surface area (TPSA) is 64.2 Å². The molecule has 1 fully saturated rings. The van der Waals surface area contributed by atoms with E-state index in [4.69, 9.17) is 4.42 Å². The van der Waals surface area contributed by atoms with E-state index in [2.05, 4.69) is 51.4 Å². The van der Waals surface area contributed by atoms with Crippen molar-refractivity contribution in [1.29, 1.82) is 0 Å². The van der Waals surface area contributed by atoms with Crippen molar-refractivity contribution in [2.75, 3.05) is 13.1 Å². The van der Waals surface area contributed by atoms with Crippen LogP contribution in [-0.2, 0) is 11.2 Å². The van der Waals surface area contributed by atoms with E-state index in [1.807, 2.05) is 58.2 Å². The normalized spacial score (nSPS) is 16.1. The second-order valence-corrected chi connectivity index (χ2v) is 9.87. The SMILES string of the molecule is Cc1cc(Br)ccc1-n1cc(C2CCN(C(=O)Cc3ccc4oc5ccccc5c4c3)C2)nn1. The van der Waals surface area contributed by atoms with Crippen LogP contribution in [0.25, 0.3) is 27.6 Å². The van der Waals surface area contributed by atoms with Gasteiger partial charge in [0.2, 0.25) is 5.91 Å². The molecular weight excluding hydrogens is 492 g/mol. The maximum Gasteiger partial charge on any atom is 0.227 e. The molecule has 0 N–H and O–H groups in total. The molecule has 0 radical (unpaired) electrons. The number of amides is 1. The predicted octanol–water partition coefficient (Wildman–Crippen LogP) is 5.80. The highest BCUT2D eigenvalue weighted by molar-refractivity contribution is 9.10. The van der Waals surface area contributed by atoms with E-state index in [1.54, 1.807) is 0 Å². The molecule has 170 valence electrons. The Morgan fingerprint density at radius 3 is 2.82 bits per heavy atom. The summed E-state index contributed by atoms with van der Waals surface area (Å²) in [6.45, 7) is 3.47. The van der Waals surface area contributed by atoms with Crippen LogP contribution in [0.5, 0.6) is 0 Å². The number of carbonyl (C=O) groups is 1. The molecule has 5 aromatic rings. The molecule has 0 saturated carbocycles. The first-order valence-electron chi connectivity index (χ1n) is 11.4. The Hall–Kier alpha value is -3.45. The van der Waals surface area contributed by atoms with Gasteiger partial charge in [-0.3, -0.25) is 4.79 Å². The maximum absolute atomic E-state index is 13.1. The van der Waals surface area contributed by atoms with Gasteiger partial charge in [0.15, 0.2) is 0 Å². The third-order valence-corrected chi connectivity index (χ3v) is 7.17. The summed E-state index contributed by atoms with van der Waals surface area (Å²) in [6, 6.07) is 20.1. The highest BCUT2D eigenvalue weighted by Gasteiger charge is 2.29. The summed E-state index contributed by atoms with van der Waals surface area (Å²) >= 11 is 3.50. The van der Waals surface area contributed by atoms with Crippen molar-refractivity contribution in [3.8, 4) is 5.69 Å². The number of aromatic nitrogens is 3. The number of aryl methyl sites for hydroxylation is 1. The number of halogens is 1. The molecule has 0 spiro atoms. The van der Waals surface area contributed by atoms with Gasteiger partial charge in [0, 0.05) is 34.3 Å². The van der Waals surface area contributed by atoms with Gasteiger partial charge in [-0.1, -0.05) is 45.4 Å². The fraction of sp³-hybridized carbons (Fsp3) is 0.222. The third kappa shape index (κ3) is 3.80. The van der Waals surface area contributed by atoms with Gasteiger partial charge in [0.1, 0.15) is 11.2 Å². The summed E-state index contributed by atoms with van der Waals surface area (Å²) in [5.41, 5.74) is 5.79. The van der Waals surface area contributed by atoms with Crippen LogP contribution in [-0.4, -0.2) is 38.9 Å². The standard InChI is InChI=1S/C27H23BrN4O2/c1-17-12-20(28)7-8-24(17)32-16-23(29-30-32)19-10-11-31(15-19)27(33)14-18-6-9-26-22(13-18)21-4-2-3-5-25(21)34-26/h2-9,12-13,16,19H,10-11,14-15H2,1H3. The Labute approximate surface area is 205 Å². The third-order valence-electron chi connectivity index (χ3n) is 6.67. The zero-order chi connectivity index (χ0) is 23.2. The van der Waals surface area contributed by atoms with Crippen molar-refractivity contribution < 1.29 is 9.21 Å². The fourth-order valence-electron chi connectivity index (χ4n) is 4.86. The second kappa shape index (κ2) is 8.40. The molecule has 3 aromatic carbocycles. The smallest absolute Gasteiger partial charge is 0.227 e. The van der Waals surface area contributed by atoms with Crippen molar-refractivity contribution in [2.24, 2.45) is 0 Å². The molecule has 1 unspecified atom stereocenters. The zero-order valence-corrected chi connectivity index (χ0v) is 20.3. The van der Waals surface area contributed by atoms with Crippen molar-refractivity contribution in [3.05, 3.63) is 88.2 Å². The molecule has 6 rings (SSSR count). The summed E-state index contributed by atoms with van der Waals surface area (Å²) < 4.78 is 8.78. The highest BCUT2D eigenvalue weighted by atomic mass is 79.9. The average molecular weight is 515 g/mol. The number of para-hydroxylation sites is 1. The van der Waals surface area contributed by atoms with E-state index in [-0.39, 0.29) is 11.8 Å². The van der Waals surface area contributed by atoms with Crippen LogP contribution in [0.2, 0.25) is 0 Å². The van der Waals surface area contributed by atoms with Crippen molar-refractivity contribution >= 4 is 43.8 Å². The summed E-state index contributed by atoms with van der Waals surface area (Å²) in [4.78, 5) is 15.0. The largest absolute Gasteiger partial charge is 0.456 e. The molecule has 1 aliphatic heterocycles. The van der Waals surface area contributed by atoms with Crippen molar-refractivity contribution in [1.82, 2.24) is 19.9 Å². The van der Waals surface area contributed by atoms with Crippen LogP contribution >= 0.6 is 15.9 Å². The number of fused-ring (bicyclic) bond motifs is 3. The number of benzene rings is 3. The van der Waals surface area contributed by atoms with E-state index in [0.717, 1.165) is 61.9 Å². The first-order valence-corrected chi connectivity index (χ1v) is 12.2. The number of hydrogen-bond acceptors (Lipinski definition) is 4. The minimum atomic E-state index is 0.144. The lowest BCUT2D eigenvalue weighted by Crippen LogP contribution is -2.29. The fourth-order valence-corrected chi connectivity index (χ4v) is 5.33. The van der Waals surface area contributed by atoms with Gasteiger partial charge < -0.3 is 9.32 Å². The molecule has 1 saturated heterocycles. The second-order valence-electron chi connectivity index (χ2n) is 8.95. The van der Waals surface area contributed by atoms with Gasteiger partial charge in [0.25, 0.3) is 0 Å². The summed E-state index contributed by atoms with van der Waals surface area (Å²) in [5, 5.41) is 10.9. The predicted molar refractivity (Wildman–Crippen MR) is 135 cm³/mol. The maximum atomic E-state index is 13.1. The Balaban J connectivity index is 1.16. The Bertz CT molecular complexity index is 1540. The monoisotopic (exact) mass is 514 g/mol. The Morgan fingerprint density at radius 2 is 1.94 bits per heavy atom. The minimum Gasteiger partial charge on any atom is -0.456 e. The van der Waals surface area contributed by atoms with Gasteiger partial charge in [-0.2, -0.15) is 0 Å². The first-order chi connectivity index (χ1) is 16.5. The van der Waals surface area contributed by atoms with E-state index in [9.17, 15) is 4.79 Å². The molecule has 3 heterocycles. The van der Waals surface area contributed by atoms with E-state index < -0.39 is 0 Å². The number of hydrogen-bond donors (Lipinski definition) is 0. The molecule has 0 bridgehead atoms. The summed E-state index contributed by atoms with van der Waals surface area (Å²) in [5.74, 6) is 0.347. The minimum absolute atomic E-state index is 0.144. The summed E-state index contributed by atoms with van der Waals surface area (Å²) in [6.07, 6.45) is 3.27. The first kappa shape index (κ1) is 21.1. The summed E-state index contributed by atoms with van der Waals surface area (Å²) in [7, 11) is 0. The number of nitrogens with zero attached hydrogens (tertiary/aromatic N) is 4. The van der Waals surface area contributed by atoms with Crippen LogP contribution in [0, 0.1) is 6.92 Å². The van der Waals surface area contributed by atoms with Crippen LogP contribution in [0.15, 0.2) is 75.8 Å². The number of rotatable bonds is 4. The van der Waals surface area contributed by atoms with Gasteiger partial charge in [-0.05, 0) is 60.9 Å². The molecule has 7 heteroatoms. The van der Waals surface area contributed by atoms with E-state index in [1.165, 1.54) is 0 Å². The van der Waals surface area contributed by atoms with Gasteiger partial charge in [0.05, 0.1) is 24.0 Å². The van der Waals surface area contributed by atoms with Crippen LogP contribution in [0.1, 0.15) is 29.2 Å². The van der Waals surface area contributed by atoms with Crippen molar-refractivity contribution in [3.63, 3.8) is 0 Å². The number of carbonyl (C=O) groups excluding carboxylic acids is 1. The van der Waals surface area contributed by atoms with E-state index >= 15 is 0 Å². The number of likely N-dealkylation sites (tertiary alicyclic amines) is 1. The zero-order valence-electron chi connectivity index (χ0n) is 18.7. The van der Waals surface area contributed by atoms with Crippen LogP contribution in [0.4, 0.5) is 0 Å². The molecule has 34 heavy (non-hydrogen) atoms. The van der Waals surface area contributed by atoms with Gasteiger partial charge in [-0.25, -0.2) is 4.68 Å². The van der Waals surface area contributed by atoms with Crippen LogP contribution in [0.3, 0.4) is 0 Å². The van der Waals surface area contributed by atoms with Crippen LogP contribution < -0.4 is 0 Å². The molecule has 0 aliphatic carbocycles. The lowest BCUT2D eigenvalue weighted by atomic mass is 10.1. The van der Waals surface area contributed by atoms with E-state index in [0.29, 0.717) is 13.0 Å². The van der Waals surface area contributed by atoms with Gasteiger partial charge in [-0.15, -0.1) is 5.10 Å². The lowest BCUT2D eigenvalue weighted by molar-refractivity contribution is -0.129. The van der Waals surface area contributed by atoms with Crippen molar-refractivity contribution in [2.45, 2.75) is 25.7 Å².